The minimum Gasteiger partial charge on any atom is -0.497 e. The first-order chi connectivity index (χ1) is 36.1. The number of rotatable bonds is 13. The molecule has 0 heterocycles. The van der Waals surface area contributed by atoms with Gasteiger partial charge < -0.3 is 19.3 Å². The van der Waals surface area contributed by atoms with Gasteiger partial charge in [0.1, 0.15) is 11.5 Å². The lowest BCUT2D eigenvalue weighted by atomic mass is 9.87. The number of anilines is 6. The predicted octanol–water partition coefficient (Wildman–Crippen LogP) is 19.3. The molecule has 352 valence electrons. The van der Waals surface area contributed by atoms with Crippen molar-refractivity contribution in [1.29, 1.82) is 0 Å². The molecule has 0 spiro atoms. The molecule has 0 saturated heterocycles. The van der Waals surface area contributed by atoms with Crippen LogP contribution in [-0.2, 0) is 12.8 Å². The smallest absolute Gasteiger partial charge is 0.119 e. The van der Waals surface area contributed by atoms with Crippen molar-refractivity contribution < 1.29 is 9.47 Å². The van der Waals surface area contributed by atoms with Crippen LogP contribution in [0.5, 0.6) is 11.5 Å². The van der Waals surface area contributed by atoms with Crippen LogP contribution in [0.3, 0.4) is 0 Å². The minimum absolute atomic E-state index is 0.830. The Morgan fingerprint density at radius 3 is 1.04 bits per heavy atom. The first-order valence-corrected chi connectivity index (χ1v) is 25.6. The number of hydrogen-bond acceptors (Lipinski definition) is 4. The number of benzene rings is 11. The molecule has 13 aromatic carbocycles. The Morgan fingerprint density at radius 1 is 0.315 bits per heavy atom. The van der Waals surface area contributed by atoms with Crippen LogP contribution in [0.25, 0.3) is 86.9 Å². The number of aryl methyl sites for hydroxylation is 2. The topological polar surface area (TPSA) is 24.9 Å². The van der Waals surface area contributed by atoms with Crippen LogP contribution in [0.1, 0.15) is 31.4 Å². The van der Waals surface area contributed by atoms with E-state index < -0.39 is 0 Å². The first kappa shape index (κ1) is 44.1. The molecule has 0 radical (unpaired) electrons. The summed E-state index contributed by atoms with van der Waals surface area (Å²) in [6, 6.07) is 80.7. The van der Waals surface area contributed by atoms with Crippen LogP contribution < -0.4 is 19.3 Å². The van der Waals surface area contributed by atoms with E-state index in [-0.39, 0.29) is 0 Å². The van der Waals surface area contributed by atoms with Crippen molar-refractivity contribution in [1.82, 2.24) is 0 Å². The Morgan fingerprint density at radius 2 is 0.671 bits per heavy atom. The Hall–Kier alpha value is -8.86. The summed E-state index contributed by atoms with van der Waals surface area (Å²) in [4.78, 5) is 4.82. The van der Waals surface area contributed by atoms with E-state index in [2.05, 4.69) is 242 Å². The summed E-state index contributed by atoms with van der Waals surface area (Å²) in [5, 5.41) is 15.1. The maximum atomic E-state index is 5.66. The summed E-state index contributed by atoms with van der Waals surface area (Å²) in [6.07, 6.45) is 3.14. The molecule has 0 fully saturated rings. The van der Waals surface area contributed by atoms with Gasteiger partial charge in [0.15, 0.2) is 0 Å². The molecule has 0 N–H and O–H groups in total. The Bertz CT molecular complexity index is 3970. The van der Waals surface area contributed by atoms with Crippen LogP contribution in [-0.4, -0.2) is 14.2 Å². The average Bonchev–Trinajstić information content (AvgIpc) is 3.98. The largest absolute Gasteiger partial charge is 0.497 e. The molecule has 0 aliphatic carbocycles. The molecule has 13 rings (SSSR count). The van der Waals surface area contributed by atoms with Crippen LogP contribution >= 0.6 is 0 Å². The monoisotopic (exact) mass is 942 g/mol. The zero-order chi connectivity index (χ0) is 49.2. The zero-order valence-electron chi connectivity index (χ0n) is 41.6. The summed E-state index contributed by atoms with van der Waals surface area (Å²) in [5.74, 6) is 1.66. The first-order valence-electron chi connectivity index (χ1n) is 25.6. The van der Waals surface area contributed by atoms with E-state index in [0.717, 1.165) is 64.9 Å². The zero-order valence-corrected chi connectivity index (χ0v) is 41.6. The summed E-state index contributed by atoms with van der Waals surface area (Å²) in [6.45, 7) is 4.45. The number of methoxy groups -OCH3 is 2. The van der Waals surface area contributed by atoms with Crippen molar-refractivity contribution in [2.75, 3.05) is 24.0 Å². The third kappa shape index (κ3) is 7.11. The lowest BCUT2D eigenvalue weighted by molar-refractivity contribution is 0.414. The molecular weight excluding hydrogens is 889 g/mol. The second kappa shape index (κ2) is 18.1. The van der Waals surface area contributed by atoms with Gasteiger partial charge in [0.05, 0.1) is 25.6 Å². The molecule has 0 bridgehead atoms. The van der Waals surface area contributed by atoms with Gasteiger partial charge in [0.25, 0.3) is 0 Å². The van der Waals surface area contributed by atoms with Gasteiger partial charge in [-0.25, -0.2) is 0 Å². The van der Waals surface area contributed by atoms with Crippen molar-refractivity contribution in [2.24, 2.45) is 0 Å². The van der Waals surface area contributed by atoms with Gasteiger partial charge in [0, 0.05) is 33.5 Å². The molecule has 0 amide bonds. The lowest BCUT2D eigenvalue weighted by Crippen LogP contribution is -2.10. The molecule has 0 aliphatic rings. The fourth-order valence-electron chi connectivity index (χ4n) is 11.9. The van der Waals surface area contributed by atoms with E-state index in [1.807, 2.05) is 0 Å². The normalized spacial score (nSPS) is 11.7. The van der Waals surface area contributed by atoms with Gasteiger partial charge in [0.2, 0.25) is 0 Å². The molecule has 73 heavy (non-hydrogen) atoms. The number of fused-ring (bicyclic) bond motifs is 6. The van der Waals surface area contributed by atoms with Crippen LogP contribution in [0.4, 0.5) is 34.1 Å². The minimum atomic E-state index is 0.830. The van der Waals surface area contributed by atoms with Gasteiger partial charge in [-0.2, -0.15) is 0 Å². The molecule has 0 unspecified atom stereocenters. The molecule has 0 atom stereocenters. The predicted molar refractivity (Wildman–Crippen MR) is 311 cm³/mol. The highest BCUT2D eigenvalue weighted by atomic mass is 16.5. The maximum Gasteiger partial charge on any atom is 0.119 e. The number of hydrogen-bond donors (Lipinski definition) is 0. The SMILES string of the molecule is CCCc1ccc(N(c2ccc(OC)cc2)c2ccc3c4c(-c5ccccc5)c5c6cccc7c(N(c8ccc(CC)cc8)c8ccc(OC)cc8)ccc(c5c(-c5ccccc5)c4c4cccc2c43)c76)cc1. The van der Waals surface area contributed by atoms with Gasteiger partial charge in [-0.15, -0.1) is 0 Å². The van der Waals surface area contributed by atoms with E-state index >= 15 is 0 Å². The standard InChI is InChI=1S/C69H54N2O2/c1-5-15-45-26-30-49(31-27-45)71(51-34-38-53(73-4)39-35-51)61-43-41-59-65-55(61)21-14-23-57(65)67-63(47-18-11-8-12-19-47)68-58-40-42-60(70(48-28-24-44(6-2)25-29-48)50-32-36-52(72-3)37-33-50)54-20-13-22-56(64(54)58)66(68)62(69(59)67)46-16-9-7-10-17-46/h7-14,16-43H,5-6,15H2,1-4H3. The Balaban J connectivity index is 1.15. The third-order valence-corrected chi connectivity index (χ3v) is 15.2. The van der Waals surface area contributed by atoms with Gasteiger partial charge >= 0.3 is 0 Å². The average molecular weight is 943 g/mol. The second-order valence-electron chi connectivity index (χ2n) is 19.2. The summed E-state index contributed by atoms with van der Waals surface area (Å²) >= 11 is 0. The Kier molecular flexibility index (Phi) is 10.9. The summed E-state index contributed by atoms with van der Waals surface area (Å²) < 4.78 is 11.3. The quantitative estimate of drug-likeness (QED) is 0.115. The van der Waals surface area contributed by atoms with Gasteiger partial charge in [-0.3, -0.25) is 0 Å². The molecule has 13 aromatic rings. The molecular formula is C69H54N2O2. The van der Waals surface area contributed by atoms with Crippen molar-refractivity contribution in [3.05, 3.63) is 230 Å². The van der Waals surface area contributed by atoms with E-state index in [4.69, 9.17) is 9.47 Å². The molecule has 0 saturated carbocycles. The van der Waals surface area contributed by atoms with Crippen molar-refractivity contribution in [3.63, 3.8) is 0 Å². The molecule has 0 aromatic heterocycles. The lowest BCUT2D eigenvalue weighted by Gasteiger charge is -2.27. The van der Waals surface area contributed by atoms with Crippen LogP contribution in [0.15, 0.2) is 218 Å². The van der Waals surface area contributed by atoms with E-state index in [1.54, 1.807) is 14.2 Å². The summed E-state index contributed by atoms with van der Waals surface area (Å²) in [5.41, 5.74) is 14.2. The highest BCUT2D eigenvalue weighted by Gasteiger charge is 2.30. The second-order valence-corrected chi connectivity index (χ2v) is 19.2. The highest BCUT2D eigenvalue weighted by Crippen LogP contribution is 2.57. The van der Waals surface area contributed by atoms with Gasteiger partial charge in [-0.05, 0) is 185 Å². The Labute approximate surface area is 426 Å². The fourth-order valence-corrected chi connectivity index (χ4v) is 11.9. The molecule has 4 heteroatoms. The van der Waals surface area contributed by atoms with Crippen LogP contribution in [0, 0.1) is 0 Å². The third-order valence-electron chi connectivity index (χ3n) is 15.2. The van der Waals surface area contributed by atoms with Crippen molar-refractivity contribution >= 4 is 98.8 Å². The maximum absolute atomic E-state index is 5.66. The van der Waals surface area contributed by atoms with Crippen LogP contribution in [0.2, 0.25) is 0 Å². The summed E-state index contributed by atoms with van der Waals surface area (Å²) in [7, 11) is 3.45. The fraction of sp³-hybridized carbons (Fsp3) is 0.101. The number of nitrogens with zero attached hydrogens (tertiary/aromatic N) is 2. The van der Waals surface area contributed by atoms with E-state index in [9.17, 15) is 0 Å². The highest BCUT2D eigenvalue weighted by molar-refractivity contribution is 6.47. The van der Waals surface area contributed by atoms with Crippen molar-refractivity contribution in [2.45, 2.75) is 33.1 Å². The van der Waals surface area contributed by atoms with E-state index in [0.29, 0.717) is 0 Å². The molecule has 0 aliphatic heterocycles. The number of ether oxygens (including phenoxy) is 2. The molecule has 4 nitrogen and oxygen atoms in total. The van der Waals surface area contributed by atoms with Gasteiger partial charge in [-0.1, -0.05) is 154 Å². The van der Waals surface area contributed by atoms with Crippen molar-refractivity contribution in [3.8, 4) is 33.8 Å². The van der Waals surface area contributed by atoms with E-state index in [1.165, 1.54) is 98.0 Å².